The number of hydrogen-bond acceptors (Lipinski definition) is 4. The van der Waals surface area contributed by atoms with E-state index < -0.39 is 32.1 Å². The summed E-state index contributed by atoms with van der Waals surface area (Å²) in [4.78, 5) is 13.4. The monoisotopic (exact) mass is 383 g/mol. The van der Waals surface area contributed by atoms with Crippen molar-refractivity contribution in [2.24, 2.45) is 0 Å². The number of amides is 1. The van der Waals surface area contributed by atoms with Crippen molar-refractivity contribution in [3.63, 3.8) is 0 Å². The van der Waals surface area contributed by atoms with Crippen LogP contribution in [0.3, 0.4) is 0 Å². The number of rotatable bonds is 4. The molecule has 2 aromatic carbocycles. The van der Waals surface area contributed by atoms with Gasteiger partial charge in [-0.1, -0.05) is 29.8 Å². The number of carbonyl (C=O) groups excluding carboxylic acids is 1. The smallest absolute Gasteiger partial charge is 0.253 e. The summed E-state index contributed by atoms with van der Waals surface area (Å²) < 4.78 is 39.1. The third-order valence-corrected chi connectivity index (χ3v) is 6.02. The third-order valence-electron chi connectivity index (χ3n) is 4.06. The number of hydrogen-bond donors (Lipinski definition) is 1. The number of phenols is 1. The lowest BCUT2D eigenvalue weighted by atomic mass is 10.1. The van der Waals surface area contributed by atoms with E-state index >= 15 is 0 Å². The van der Waals surface area contributed by atoms with E-state index in [0.717, 1.165) is 18.6 Å². The molecule has 0 saturated carbocycles. The van der Waals surface area contributed by atoms with Gasteiger partial charge in [-0.2, -0.15) is 0 Å². The van der Waals surface area contributed by atoms with E-state index in [1.165, 1.54) is 24.3 Å². The number of carbonyl (C=O) groups is 1. The standard InChI is InChI=1S/C17H15ClFNO4S/c18-13-8-12(17(22)20-6-3-7-20)9-15(16(13)21)25(23,24)10-11-4-1-2-5-14(11)19/h1-2,4-5,8-9,21H,3,6-7,10H2. The van der Waals surface area contributed by atoms with Gasteiger partial charge in [-0.3, -0.25) is 4.79 Å². The van der Waals surface area contributed by atoms with Crippen LogP contribution in [0.5, 0.6) is 5.75 Å². The predicted octanol–water partition coefficient (Wildman–Crippen LogP) is 3.00. The highest BCUT2D eigenvalue weighted by molar-refractivity contribution is 7.90. The van der Waals surface area contributed by atoms with E-state index in [-0.39, 0.29) is 22.1 Å². The first-order valence-corrected chi connectivity index (χ1v) is 9.60. The molecule has 0 bridgehead atoms. The first kappa shape index (κ1) is 17.7. The van der Waals surface area contributed by atoms with Crippen molar-refractivity contribution in [3.05, 3.63) is 58.4 Å². The Kier molecular flexibility index (Phi) is 4.71. The summed E-state index contributed by atoms with van der Waals surface area (Å²) in [6, 6.07) is 7.80. The molecule has 0 aliphatic carbocycles. The Hall–Kier alpha value is -2.12. The average molecular weight is 384 g/mol. The van der Waals surface area contributed by atoms with Gasteiger partial charge in [0.2, 0.25) is 0 Å². The summed E-state index contributed by atoms with van der Waals surface area (Å²) in [6.45, 7) is 1.18. The van der Waals surface area contributed by atoms with E-state index in [2.05, 4.69) is 0 Å². The van der Waals surface area contributed by atoms with E-state index in [1.807, 2.05) is 0 Å². The lowest BCUT2D eigenvalue weighted by Gasteiger charge is -2.31. The molecule has 132 valence electrons. The number of aromatic hydroxyl groups is 1. The molecule has 1 aliphatic rings. The van der Waals surface area contributed by atoms with Crippen LogP contribution in [0.1, 0.15) is 22.3 Å². The second-order valence-electron chi connectivity index (χ2n) is 5.80. The summed E-state index contributed by atoms with van der Waals surface area (Å²) in [6.07, 6.45) is 0.885. The predicted molar refractivity (Wildman–Crippen MR) is 90.9 cm³/mol. The topological polar surface area (TPSA) is 74.7 Å². The molecule has 1 heterocycles. The zero-order valence-electron chi connectivity index (χ0n) is 13.1. The first-order chi connectivity index (χ1) is 11.8. The van der Waals surface area contributed by atoms with Crippen molar-refractivity contribution in [1.82, 2.24) is 4.90 Å². The van der Waals surface area contributed by atoms with Crippen molar-refractivity contribution in [2.45, 2.75) is 17.1 Å². The van der Waals surface area contributed by atoms with Crippen LogP contribution in [0.15, 0.2) is 41.3 Å². The summed E-state index contributed by atoms with van der Waals surface area (Å²) in [5.41, 5.74) is 0.0482. The Morgan fingerprint density at radius 3 is 2.52 bits per heavy atom. The minimum atomic E-state index is -4.10. The van der Waals surface area contributed by atoms with Gasteiger partial charge in [0.15, 0.2) is 15.6 Å². The molecule has 1 saturated heterocycles. The van der Waals surface area contributed by atoms with Gasteiger partial charge in [-0.15, -0.1) is 0 Å². The minimum Gasteiger partial charge on any atom is -0.505 e. The molecule has 2 aromatic rings. The van der Waals surface area contributed by atoms with Crippen LogP contribution in [0.2, 0.25) is 5.02 Å². The second-order valence-corrected chi connectivity index (χ2v) is 8.17. The Morgan fingerprint density at radius 1 is 1.24 bits per heavy atom. The number of halogens is 2. The fraction of sp³-hybridized carbons (Fsp3) is 0.235. The molecule has 1 N–H and O–H groups in total. The molecular weight excluding hydrogens is 369 g/mol. The average Bonchev–Trinajstić information content (AvgIpc) is 2.50. The van der Waals surface area contributed by atoms with E-state index in [9.17, 15) is 22.7 Å². The molecule has 0 aromatic heterocycles. The Balaban J connectivity index is 2.01. The Labute approximate surface area is 149 Å². The molecule has 25 heavy (non-hydrogen) atoms. The van der Waals surface area contributed by atoms with Crippen LogP contribution in [0.4, 0.5) is 4.39 Å². The molecule has 0 spiro atoms. The Morgan fingerprint density at radius 2 is 1.92 bits per heavy atom. The molecule has 1 amide bonds. The summed E-state index contributed by atoms with van der Waals surface area (Å²) in [5.74, 6) is -2.30. The maximum atomic E-state index is 13.8. The number of phenolic OH excluding ortho intramolecular Hbond substituents is 1. The number of sulfone groups is 1. The van der Waals surface area contributed by atoms with Crippen molar-refractivity contribution < 1.29 is 22.7 Å². The summed E-state index contributed by atoms with van der Waals surface area (Å²) >= 11 is 5.91. The van der Waals surface area contributed by atoms with Crippen molar-refractivity contribution >= 4 is 27.3 Å². The third kappa shape index (κ3) is 3.48. The quantitative estimate of drug-likeness (QED) is 0.880. The highest BCUT2D eigenvalue weighted by atomic mass is 35.5. The SMILES string of the molecule is O=C(c1cc(Cl)c(O)c(S(=O)(=O)Cc2ccccc2F)c1)N1CCC1. The van der Waals surface area contributed by atoms with Crippen LogP contribution >= 0.6 is 11.6 Å². The van der Waals surface area contributed by atoms with Crippen LogP contribution in [-0.4, -0.2) is 37.4 Å². The maximum Gasteiger partial charge on any atom is 0.253 e. The van der Waals surface area contributed by atoms with Crippen molar-refractivity contribution in [1.29, 1.82) is 0 Å². The van der Waals surface area contributed by atoms with Gasteiger partial charge in [-0.25, -0.2) is 12.8 Å². The molecule has 1 aliphatic heterocycles. The van der Waals surface area contributed by atoms with E-state index in [0.29, 0.717) is 13.1 Å². The van der Waals surface area contributed by atoms with Crippen LogP contribution in [0.25, 0.3) is 0 Å². The highest BCUT2D eigenvalue weighted by Crippen LogP contribution is 2.35. The van der Waals surface area contributed by atoms with Crippen LogP contribution in [0, 0.1) is 5.82 Å². The molecule has 5 nitrogen and oxygen atoms in total. The second kappa shape index (κ2) is 6.65. The van der Waals surface area contributed by atoms with Gasteiger partial charge in [0, 0.05) is 24.2 Å². The zero-order chi connectivity index (χ0) is 18.2. The van der Waals surface area contributed by atoms with Gasteiger partial charge in [-0.05, 0) is 24.6 Å². The lowest BCUT2D eigenvalue weighted by Crippen LogP contribution is -2.42. The zero-order valence-corrected chi connectivity index (χ0v) is 14.6. The lowest BCUT2D eigenvalue weighted by molar-refractivity contribution is 0.0651. The molecule has 3 rings (SSSR count). The maximum absolute atomic E-state index is 13.8. The first-order valence-electron chi connectivity index (χ1n) is 7.57. The fourth-order valence-corrected chi connectivity index (χ4v) is 4.32. The molecular formula is C17H15ClFNO4S. The normalized spacial score (nSPS) is 14.2. The number of nitrogens with zero attached hydrogens (tertiary/aromatic N) is 1. The van der Waals surface area contributed by atoms with Crippen LogP contribution in [-0.2, 0) is 15.6 Å². The number of benzene rings is 2. The van der Waals surface area contributed by atoms with Crippen molar-refractivity contribution in [3.8, 4) is 5.75 Å². The van der Waals surface area contributed by atoms with Gasteiger partial charge in [0.25, 0.3) is 5.91 Å². The number of likely N-dealkylation sites (tertiary alicyclic amines) is 1. The fourth-order valence-electron chi connectivity index (χ4n) is 2.53. The van der Waals surface area contributed by atoms with Crippen LogP contribution < -0.4 is 0 Å². The van der Waals surface area contributed by atoms with Gasteiger partial charge in [0.05, 0.1) is 10.8 Å². The van der Waals surface area contributed by atoms with E-state index in [1.54, 1.807) is 4.90 Å². The largest absolute Gasteiger partial charge is 0.505 e. The molecule has 8 heteroatoms. The van der Waals surface area contributed by atoms with E-state index in [4.69, 9.17) is 11.6 Å². The van der Waals surface area contributed by atoms with Crippen molar-refractivity contribution in [2.75, 3.05) is 13.1 Å². The minimum absolute atomic E-state index is 0.0301. The molecule has 0 unspecified atom stereocenters. The summed E-state index contributed by atoms with van der Waals surface area (Å²) in [7, 11) is -4.10. The molecule has 0 atom stereocenters. The molecule has 0 radical (unpaired) electrons. The highest BCUT2D eigenvalue weighted by Gasteiger charge is 2.28. The van der Waals surface area contributed by atoms with Gasteiger partial charge in [0.1, 0.15) is 10.7 Å². The van der Waals surface area contributed by atoms with Gasteiger partial charge >= 0.3 is 0 Å². The summed E-state index contributed by atoms with van der Waals surface area (Å²) in [5, 5.41) is 9.83. The molecule has 1 fully saturated rings. The Bertz CT molecular complexity index is 942. The van der Waals surface area contributed by atoms with Gasteiger partial charge < -0.3 is 10.0 Å².